The minimum atomic E-state index is -0.359. The van der Waals surface area contributed by atoms with Crippen LogP contribution >= 0.6 is 11.6 Å². The van der Waals surface area contributed by atoms with Gasteiger partial charge in [-0.15, -0.1) is 0 Å². The second kappa shape index (κ2) is 7.29. The van der Waals surface area contributed by atoms with Crippen LogP contribution in [0, 0.1) is 5.82 Å². The molecule has 0 heterocycles. The van der Waals surface area contributed by atoms with Gasteiger partial charge in [-0.1, -0.05) is 23.7 Å². The normalized spacial score (nSPS) is 10.5. The van der Waals surface area contributed by atoms with Gasteiger partial charge >= 0.3 is 0 Å². The Balaban J connectivity index is 2.24. The highest BCUT2D eigenvalue weighted by molar-refractivity contribution is 6.30. The maximum atomic E-state index is 13.7. The summed E-state index contributed by atoms with van der Waals surface area (Å²) in [6.07, 6.45) is 0. The Labute approximate surface area is 128 Å². The minimum absolute atomic E-state index is 0.0590. The molecule has 0 amide bonds. The molecule has 0 aromatic heterocycles. The van der Waals surface area contributed by atoms with Gasteiger partial charge in [-0.3, -0.25) is 0 Å². The van der Waals surface area contributed by atoms with Gasteiger partial charge in [0.25, 0.3) is 0 Å². The lowest BCUT2D eigenvalue weighted by molar-refractivity contribution is 0.263. The number of para-hydroxylation sites is 1. The molecule has 3 nitrogen and oxygen atoms in total. The summed E-state index contributed by atoms with van der Waals surface area (Å²) in [4.78, 5) is 0. The van der Waals surface area contributed by atoms with Crippen molar-refractivity contribution in [3.8, 4) is 11.5 Å². The molecule has 0 aliphatic carbocycles. The Morgan fingerprint density at radius 2 is 1.95 bits per heavy atom. The maximum Gasteiger partial charge on any atom is 0.166 e. The van der Waals surface area contributed by atoms with Gasteiger partial charge in [-0.05, 0) is 31.2 Å². The molecule has 2 aromatic carbocycles. The van der Waals surface area contributed by atoms with E-state index >= 15 is 0 Å². The van der Waals surface area contributed by atoms with Gasteiger partial charge in [0.1, 0.15) is 12.4 Å². The van der Waals surface area contributed by atoms with Crippen molar-refractivity contribution in [1.82, 2.24) is 0 Å². The van der Waals surface area contributed by atoms with Gasteiger partial charge < -0.3 is 15.2 Å². The second-order valence-electron chi connectivity index (χ2n) is 4.41. The van der Waals surface area contributed by atoms with Crippen molar-refractivity contribution in [1.29, 1.82) is 0 Å². The summed E-state index contributed by atoms with van der Waals surface area (Å²) in [5.41, 5.74) is 6.90. The van der Waals surface area contributed by atoms with Crippen LogP contribution in [0.15, 0.2) is 36.4 Å². The minimum Gasteiger partial charge on any atom is -0.490 e. The van der Waals surface area contributed by atoms with Gasteiger partial charge in [0.05, 0.1) is 6.61 Å². The lowest BCUT2D eigenvalue weighted by Crippen LogP contribution is -2.06. The van der Waals surface area contributed by atoms with Crippen molar-refractivity contribution in [3.63, 3.8) is 0 Å². The van der Waals surface area contributed by atoms with E-state index in [1.165, 1.54) is 12.1 Å². The average molecular weight is 310 g/mol. The van der Waals surface area contributed by atoms with E-state index in [9.17, 15) is 4.39 Å². The predicted octanol–water partition coefficient (Wildman–Crippen LogP) is 3.92. The van der Waals surface area contributed by atoms with Crippen LogP contribution in [0.2, 0.25) is 5.02 Å². The lowest BCUT2D eigenvalue weighted by atomic mass is 10.2. The fraction of sp³-hybridized carbons (Fsp3) is 0.250. The highest BCUT2D eigenvalue weighted by Crippen LogP contribution is 2.32. The number of benzene rings is 2. The Bertz CT molecular complexity index is 619. The summed E-state index contributed by atoms with van der Waals surface area (Å²) < 4.78 is 25.0. The summed E-state index contributed by atoms with van der Waals surface area (Å²) >= 11 is 5.87. The first-order valence-corrected chi connectivity index (χ1v) is 7.05. The van der Waals surface area contributed by atoms with Crippen molar-refractivity contribution < 1.29 is 13.9 Å². The zero-order chi connectivity index (χ0) is 15.2. The summed E-state index contributed by atoms with van der Waals surface area (Å²) in [7, 11) is 0. The van der Waals surface area contributed by atoms with E-state index in [2.05, 4.69) is 0 Å². The fourth-order valence-corrected chi connectivity index (χ4v) is 2.15. The number of rotatable bonds is 6. The van der Waals surface area contributed by atoms with E-state index in [1.807, 2.05) is 19.1 Å². The molecule has 0 saturated heterocycles. The van der Waals surface area contributed by atoms with Crippen LogP contribution in [0.3, 0.4) is 0 Å². The van der Waals surface area contributed by atoms with Crippen LogP contribution in [0.25, 0.3) is 0 Å². The molecule has 112 valence electrons. The smallest absolute Gasteiger partial charge is 0.166 e. The Hall–Kier alpha value is -1.78. The van der Waals surface area contributed by atoms with E-state index < -0.39 is 0 Å². The first kappa shape index (κ1) is 15.6. The number of nitrogens with two attached hydrogens (primary N) is 1. The van der Waals surface area contributed by atoms with E-state index in [1.54, 1.807) is 12.1 Å². The SMILES string of the molecule is CCOc1cccc(CN)c1OCc1cc(Cl)ccc1F. The van der Waals surface area contributed by atoms with Crippen molar-refractivity contribution in [2.45, 2.75) is 20.1 Å². The van der Waals surface area contributed by atoms with Crippen molar-refractivity contribution in [2.75, 3.05) is 6.61 Å². The average Bonchev–Trinajstić information content (AvgIpc) is 2.49. The first-order valence-electron chi connectivity index (χ1n) is 6.67. The molecule has 0 bridgehead atoms. The molecule has 2 aromatic rings. The van der Waals surface area contributed by atoms with Crippen molar-refractivity contribution in [3.05, 3.63) is 58.4 Å². The summed E-state index contributed by atoms with van der Waals surface area (Å²) in [6, 6.07) is 9.86. The summed E-state index contributed by atoms with van der Waals surface area (Å²) in [5, 5.41) is 0.465. The molecular formula is C16H17ClFNO2. The molecule has 0 spiro atoms. The third-order valence-corrected chi connectivity index (χ3v) is 3.20. The van der Waals surface area contributed by atoms with E-state index in [0.717, 1.165) is 5.56 Å². The van der Waals surface area contributed by atoms with Crippen LogP contribution in [0.1, 0.15) is 18.1 Å². The predicted molar refractivity (Wildman–Crippen MR) is 81.2 cm³/mol. The van der Waals surface area contributed by atoms with Gasteiger partial charge in [0, 0.05) is 22.7 Å². The fourth-order valence-electron chi connectivity index (χ4n) is 1.96. The van der Waals surface area contributed by atoms with Crippen LogP contribution < -0.4 is 15.2 Å². The molecule has 0 atom stereocenters. The molecule has 2 rings (SSSR count). The Morgan fingerprint density at radius 1 is 1.14 bits per heavy atom. The van der Waals surface area contributed by atoms with Crippen molar-refractivity contribution >= 4 is 11.6 Å². The third kappa shape index (κ3) is 3.86. The molecule has 5 heteroatoms. The molecule has 21 heavy (non-hydrogen) atoms. The molecule has 0 fully saturated rings. The summed E-state index contributed by atoms with van der Waals surface area (Å²) in [6.45, 7) is 2.77. The van der Waals surface area contributed by atoms with Gasteiger partial charge in [0.15, 0.2) is 11.5 Å². The lowest BCUT2D eigenvalue weighted by Gasteiger charge is -2.15. The van der Waals surface area contributed by atoms with Crippen LogP contribution in [0.4, 0.5) is 4.39 Å². The molecule has 2 N–H and O–H groups in total. The van der Waals surface area contributed by atoms with Gasteiger partial charge in [0.2, 0.25) is 0 Å². The van der Waals surface area contributed by atoms with E-state index in [0.29, 0.717) is 35.2 Å². The Kier molecular flexibility index (Phi) is 5.42. The van der Waals surface area contributed by atoms with E-state index in [4.69, 9.17) is 26.8 Å². The first-order chi connectivity index (χ1) is 10.2. The highest BCUT2D eigenvalue weighted by atomic mass is 35.5. The molecule has 0 saturated carbocycles. The van der Waals surface area contributed by atoms with Crippen LogP contribution in [0.5, 0.6) is 11.5 Å². The third-order valence-electron chi connectivity index (χ3n) is 2.96. The molecule has 0 aliphatic rings. The largest absolute Gasteiger partial charge is 0.490 e. The topological polar surface area (TPSA) is 44.5 Å². The highest BCUT2D eigenvalue weighted by Gasteiger charge is 2.12. The van der Waals surface area contributed by atoms with Gasteiger partial charge in [-0.25, -0.2) is 4.39 Å². The zero-order valence-electron chi connectivity index (χ0n) is 11.7. The number of ether oxygens (including phenoxy) is 2. The molecule has 0 radical (unpaired) electrons. The zero-order valence-corrected chi connectivity index (χ0v) is 12.5. The number of hydrogen-bond donors (Lipinski definition) is 1. The quantitative estimate of drug-likeness (QED) is 0.879. The van der Waals surface area contributed by atoms with Crippen molar-refractivity contribution in [2.24, 2.45) is 5.73 Å². The van der Waals surface area contributed by atoms with E-state index in [-0.39, 0.29) is 12.4 Å². The van der Waals surface area contributed by atoms with Crippen LogP contribution in [-0.4, -0.2) is 6.61 Å². The number of hydrogen-bond acceptors (Lipinski definition) is 3. The summed E-state index contributed by atoms with van der Waals surface area (Å²) in [5.74, 6) is 0.784. The monoisotopic (exact) mass is 309 g/mol. The maximum absolute atomic E-state index is 13.7. The molecular weight excluding hydrogens is 293 g/mol. The number of halogens is 2. The standard InChI is InChI=1S/C16H17ClFNO2/c1-2-20-15-5-3-4-11(9-19)16(15)21-10-12-8-13(17)6-7-14(12)18/h3-8H,2,9-10,19H2,1H3. The Morgan fingerprint density at radius 3 is 2.67 bits per heavy atom. The van der Waals surface area contributed by atoms with Crippen LogP contribution in [-0.2, 0) is 13.2 Å². The second-order valence-corrected chi connectivity index (χ2v) is 4.84. The van der Waals surface area contributed by atoms with Gasteiger partial charge in [-0.2, -0.15) is 0 Å². The molecule has 0 unspecified atom stereocenters. The molecule has 0 aliphatic heterocycles.